The van der Waals surface area contributed by atoms with Crippen molar-refractivity contribution >= 4 is 28.3 Å². The standard InChI is InChI=1S/C19H21N3O2/c1-12(19(2,3)4)20-21-16(23)11-22-15-10-6-8-13-7-5-9-14(17(13)15)18(22)24/h5-10,20H,1,11H2,2-4H3,(H,21,23). The maximum atomic E-state index is 12.6. The second-order valence-corrected chi connectivity index (χ2v) is 6.97. The van der Waals surface area contributed by atoms with Crippen molar-refractivity contribution in [2.24, 2.45) is 5.41 Å². The SMILES string of the molecule is C=C(NNC(=O)CN1C(=O)c2cccc3cccc1c23)C(C)(C)C. The Bertz CT molecular complexity index is 844. The molecule has 1 aliphatic heterocycles. The molecule has 24 heavy (non-hydrogen) atoms. The van der Waals surface area contributed by atoms with E-state index in [0.29, 0.717) is 11.3 Å². The number of hydrazine groups is 1. The van der Waals surface area contributed by atoms with Crippen LogP contribution in [0.2, 0.25) is 0 Å². The van der Waals surface area contributed by atoms with Gasteiger partial charge in [0.05, 0.1) is 5.69 Å². The number of hydrogen-bond acceptors (Lipinski definition) is 3. The summed E-state index contributed by atoms with van der Waals surface area (Å²) in [5, 5.41) is 1.91. The fraction of sp³-hybridized carbons (Fsp3) is 0.263. The first-order valence-corrected chi connectivity index (χ1v) is 7.87. The number of rotatable bonds is 4. The van der Waals surface area contributed by atoms with E-state index in [1.165, 1.54) is 4.90 Å². The van der Waals surface area contributed by atoms with Crippen molar-refractivity contribution in [3.63, 3.8) is 0 Å². The predicted molar refractivity (Wildman–Crippen MR) is 95.5 cm³/mol. The van der Waals surface area contributed by atoms with Gasteiger partial charge >= 0.3 is 0 Å². The summed E-state index contributed by atoms with van der Waals surface area (Å²) in [6.45, 7) is 9.85. The molecule has 5 heteroatoms. The zero-order valence-corrected chi connectivity index (χ0v) is 14.1. The van der Waals surface area contributed by atoms with Gasteiger partial charge in [0.1, 0.15) is 6.54 Å². The number of nitrogens with one attached hydrogen (secondary N) is 2. The number of carbonyl (C=O) groups is 2. The number of allylic oxidation sites excluding steroid dienone is 1. The van der Waals surface area contributed by atoms with E-state index in [4.69, 9.17) is 0 Å². The van der Waals surface area contributed by atoms with Crippen LogP contribution in [0.1, 0.15) is 31.1 Å². The molecule has 1 heterocycles. The molecule has 0 unspecified atom stereocenters. The van der Waals surface area contributed by atoms with Crippen LogP contribution in [0.5, 0.6) is 0 Å². The minimum absolute atomic E-state index is 0.0446. The maximum absolute atomic E-state index is 12.6. The average molecular weight is 323 g/mol. The second kappa shape index (κ2) is 5.67. The van der Waals surface area contributed by atoms with Crippen LogP contribution in [0.25, 0.3) is 10.8 Å². The van der Waals surface area contributed by atoms with Gasteiger partial charge in [-0.3, -0.25) is 19.9 Å². The number of hydrogen-bond donors (Lipinski definition) is 2. The minimum Gasteiger partial charge on any atom is -0.303 e. The first kappa shape index (κ1) is 16.1. The van der Waals surface area contributed by atoms with Gasteiger partial charge in [-0.25, -0.2) is 0 Å². The van der Waals surface area contributed by atoms with E-state index in [1.807, 2.05) is 51.1 Å². The Morgan fingerprint density at radius 3 is 2.46 bits per heavy atom. The summed E-state index contributed by atoms with van der Waals surface area (Å²) < 4.78 is 0. The van der Waals surface area contributed by atoms with Crippen LogP contribution >= 0.6 is 0 Å². The normalized spacial score (nSPS) is 13.3. The molecule has 0 aliphatic carbocycles. The Hall–Kier alpha value is -2.82. The van der Waals surface area contributed by atoms with Crippen molar-refractivity contribution in [3.05, 3.63) is 54.2 Å². The Labute approximate surface area is 141 Å². The maximum Gasteiger partial charge on any atom is 0.259 e. The van der Waals surface area contributed by atoms with Crippen LogP contribution in [0.15, 0.2) is 48.7 Å². The van der Waals surface area contributed by atoms with E-state index in [2.05, 4.69) is 17.4 Å². The van der Waals surface area contributed by atoms with Crippen LogP contribution in [-0.4, -0.2) is 18.4 Å². The molecular formula is C19H21N3O2. The molecule has 3 rings (SSSR count). The molecule has 0 saturated heterocycles. The second-order valence-electron chi connectivity index (χ2n) is 6.97. The number of nitrogens with zero attached hydrogens (tertiary/aromatic N) is 1. The summed E-state index contributed by atoms with van der Waals surface area (Å²) in [5.74, 6) is -0.440. The van der Waals surface area contributed by atoms with Crippen molar-refractivity contribution in [2.45, 2.75) is 20.8 Å². The van der Waals surface area contributed by atoms with Gasteiger partial charge in [-0.2, -0.15) is 0 Å². The van der Waals surface area contributed by atoms with Gasteiger partial charge in [0, 0.05) is 22.1 Å². The van der Waals surface area contributed by atoms with Gasteiger partial charge in [0.2, 0.25) is 0 Å². The first-order chi connectivity index (χ1) is 11.3. The third-order valence-electron chi connectivity index (χ3n) is 4.21. The molecule has 0 bridgehead atoms. The number of carbonyl (C=O) groups excluding carboxylic acids is 2. The third kappa shape index (κ3) is 2.73. The monoisotopic (exact) mass is 323 g/mol. The molecule has 1 aliphatic rings. The van der Waals surface area contributed by atoms with Gasteiger partial charge in [0.15, 0.2) is 0 Å². The van der Waals surface area contributed by atoms with E-state index in [9.17, 15) is 9.59 Å². The summed E-state index contributed by atoms with van der Waals surface area (Å²) in [6, 6.07) is 11.3. The highest BCUT2D eigenvalue weighted by Gasteiger charge is 2.30. The largest absolute Gasteiger partial charge is 0.303 e. The number of amides is 2. The summed E-state index contributed by atoms with van der Waals surface area (Å²) in [4.78, 5) is 26.4. The Morgan fingerprint density at radius 2 is 1.79 bits per heavy atom. The lowest BCUT2D eigenvalue weighted by molar-refractivity contribution is -0.120. The zero-order chi connectivity index (χ0) is 17.5. The molecule has 0 fully saturated rings. The number of benzene rings is 2. The van der Waals surface area contributed by atoms with Gasteiger partial charge in [-0.05, 0) is 17.5 Å². The summed E-state index contributed by atoms with van der Waals surface area (Å²) in [5.41, 5.74) is 7.39. The van der Waals surface area contributed by atoms with Crippen molar-refractivity contribution < 1.29 is 9.59 Å². The molecule has 2 amide bonds. The molecule has 0 aromatic heterocycles. The van der Waals surface area contributed by atoms with E-state index in [1.54, 1.807) is 6.07 Å². The minimum atomic E-state index is -0.293. The van der Waals surface area contributed by atoms with Crippen LogP contribution in [0, 0.1) is 5.41 Å². The van der Waals surface area contributed by atoms with Gasteiger partial charge in [-0.1, -0.05) is 51.6 Å². The van der Waals surface area contributed by atoms with Crippen LogP contribution in [0.4, 0.5) is 5.69 Å². The first-order valence-electron chi connectivity index (χ1n) is 7.87. The van der Waals surface area contributed by atoms with E-state index >= 15 is 0 Å². The van der Waals surface area contributed by atoms with E-state index in [0.717, 1.165) is 16.5 Å². The smallest absolute Gasteiger partial charge is 0.259 e. The van der Waals surface area contributed by atoms with Crippen molar-refractivity contribution in [1.29, 1.82) is 0 Å². The topological polar surface area (TPSA) is 61.4 Å². The van der Waals surface area contributed by atoms with E-state index < -0.39 is 0 Å². The average Bonchev–Trinajstić information content (AvgIpc) is 2.80. The molecule has 5 nitrogen and oxygen atoms in total. The molecule has 124 valence electrons. The summed E-state index contributed by atoms with van der Waals surface area (Å²) >= 11 is 0. The molecule has 2 aromatic carbocycles. The van der Waals surface area contributed by atoms with Crippen molar-refractivity contribution in [1.82, 2.24) is 10.9 Å². The highest BCUT2D eigenvalue weighted by atomic mass is 16.2. The predicted octanol–water partition coefficient (Wildman–Crippen LogP) is 2.98. The van der Waals surface area contributed by atoms with Gasteiger partial charge in [-0.15, -0.1) is 0 Å². The highest BCUT2D eigenvalue weighted by Crippen LogP contribution is 2.36. The number of anilines is 1. The lowest BCUT2D eigenvalue weighted by Crippen LogP contribution is -2.45. The fourth-order valence-electron chi connectivity index (χ4n) is 2.65. The zero-order valence-electron chi connectivity index (χ0n) is 14.1. The quantitative estimate of drug-likeness (QED) is 0.850. The molecule has 0 saturated carbocycles. The summed E-state index contributed by atoms with van der Waals surface area (Å²) in [6.07, 6.45) is 0. The van der Waals surface area contributed by atoms with Crippen molar-refractivity contribution in [3.8, 4) is 0 Å². The Kier molecular flexibility index (Phi) is 3.79. The van der Waals surface area contributed by atoms with Gasteiger partial charge < -0.3 is 5.43 Å². The lowest BCUT2D eigenvalue weighted by atomic mass is 9.93. The molecule has 0 spiro atoms. The Morgan fingerprint density at radius 1 is 1.12 bits per heavy atom. The van der Waals surface area contributed by atoms with Crippen LogP contribution < -0.4 is 15.8 Å². The fourth-order valence-corrected chi connectivity index (χ4v) is 2.65. The van der Waals surface area contributed by atoms with Crippen molar-refractivity contribution in [2.75, 3.05) is 11.4 Å². The van der Waals surface area contributed by atoms with E-state index in [-0.39, 0.29) is 23.8 Å². The van der Waals surface area contributed by atoms with Crippen LogP contribution in [0.3, 0.4) is 0 Å². The molecule has 2 N–H and O–H groups in total. The molecular weight excluding hydrogens is 302 g/mol. The molecule has 0 atom stereocenters. The Balaban J connectivity index is 1.76. The highest BCUT2D eigenvalue weighted by molar-refractivity contribution is 6.26. The lowest BCUT2D eigenvalue weighted by Gasteiger charge is -2.24. The molecule has 2 aromatic rings. The summed E-state index contributed by atoms with van der Waals surface area (Å²) in [7, 11) is 0. The molecule has 0 radical (unpaired) electrons. The van der Waals surface area contributed by atoms with Gasteiger partial charge in [0.25, 0.3) is 11.8 Å². The third-order valence-corrected chi connectivity index (χ3v) is 4.21. The van der Waals surface area contributed by atoms with Crippen LogP contribution in [-0.2, 0) is 4.79 Å².